The predicted octanol–water partition coefficient (Wildman–Crippen LogP) is 6.85. The quantitative estimate of drug-likeness (QED) is 0.271. The second-order valence-corrected chi connectivity index (χ2v) is 7.65. The first-order valence-corrected chi connectivity index (χ1v) is 10.5. The third kappa shape index (κ3) is 16.5. The minimum atomic E-state index is 0.827. The van der Waals surface area contributed by atoms with Crippen molar-refractivity contribution in [2.24, 2.45) is 0 Å². The number of hydrogen-bond donors (Lipinski definition) is 0. The Balaban J connectivity index is 3.25. The van der Waals surface area contributed by atoms with Gasteiger partial charge in [0.2, 0.25) is 0 Å². The largest absolute Gasteiger partial charge is 0.385 e. The first-order chi connectivity index (χ1) is 10.3. The first kappa shape index (κ1) is 21.3. The van der Waals surface area contributed by atoms with Crippen molar-refractivity contribution in [2.75, 3.05) is 19.5 Å². The van der Waals surface area contributed by atoms with E-state index in [9.17, 15) is 0 Å². The normalized spacial score (nSPS) is 12.7. The van der Waals surface area contributed by atoms with Crippen LogP contribution in [0.5, 0.6) is 0 Å². The van der Waals surface area contributed by atoms with Crippen molar-refractivity contribution in [1.29, 1.82) is 0 Å². The number of unbranched alkanes of at least 4 members (excludes halogenated alkanes) is 9. The zero-order valence-corrected chi connectivity index (χ0v) is 15.8. The molecule has 0 bridgehead atoms. The van der Waals surface area contributed by atoms with Gasteiger partial charge in [-0.15, -0.1) is 0 Å². The van der Waals surface area contributed by atoms with Crippen molar-refractivity contribution in [2.45, 2.75) is 103 Å². The maximum Gasteiger partial charge on any atom is 0.0472 e. The van der Waals surface area contributed by atoms with Crippen LogP contribution in [0.25, 0.3) is 0 Å². The fraction of sp³-hybridized carbons (Fsp3) is 1.00. The molecule has 0 fully saturated rings. The van der Waals surface area contributed by atoms with Crippen LogP contribution in [0.15, 0.2) is 0 Å². The molecule has 1 nitrogen and oxygen atoms in total. The van der Waals surface area contributed by atoms with Crippen LogP contribution in [0, 0.1) is 0 Å². The summed E-state index contributed by atoms with van der Waals surface area (Å²) in [7, 11) is 1.82. The van der Waals surface area contributed by atoms with Gasteiger partial charge in [-0.25, -0.2) is 0 Å². The van der Waals surface area contributed by atoms with Gasteiger partial charge in [0.05, 0.1) is 0 Å². The van der Waals surface area contributed by atoms with E-state index in [1.807, 2.05) is 7.11 Å². The van der Waals surface area contributed by atoms with Gasteiger partial charge in [0.25, 0.3) is 0 Å². The maximum absolute atomic E-state index is 5.21. The second kappa shape index (κ2) is 18.4. The molecule has 0 aromatic carbocycles. The molecule has 2 heteroatoms. The summed E-state index contributed by atoms with van der Waals surface area (Å²) in [4.78, 5) is 0. The van der Waals surface area contributed by atoms with Gasteiger partial charge in [0.15, 0.2) is 0 Å². The first-order valence-electron chi connectivity index (χ1n) is 9.45. The smallest absolute Gasteiger partial charge is 0.0472 e. The van der Waals surface area contributed by atoms with Crippen LogP contribution in [0.2, 0.25) is 0 Å². The molecule has 1 atom stereocenters. The highest BCUT2D eigenvalue weighted by Gasteiger charge is 2.07. The molecule has 0 amide bonds. The van der Waals surface area contributed by atoms with Gasteiger partial charge in [0.1, 0.15) is 0 Å². The zero-order chi connectivity index (χ0) is 15.6. The summed E-state index contributed by atoms with van der Waals surface area (Å²) in [6, 6.07) is 0. The van der Waals surface area contributed by atoms with E-state index in [0.29, 0.717) is 0 Å². The Morgan fingerprint density at radius 3 is 1.81 bits per heavy atom. The summed E-state index contributed by atoms with van der Waals surface area (Å²) < 4.78 is 5.21. The number of thioether (sulfide) groups is 1. The van der Waals surface area contributed by atoms with Gasteiger partial charge in [-0.3, -0.25) is 0 Å². The second-order valence-electron chi connectivity index (χ2n) is 6.24. The molecule has 0 heterocycles. The van der Waals surface area contributed by atoms with E-state index in [0.717, 1.165) is 11.9 Å². The number of ether oxygens (including phenoxy) is 1. The molecule has 0 spiro atoms. The number of hydrogen-bond acceptors (Lipinski definition) is 2. The zero-order valence-electron chi connectivity index (χ0n) is 15.0. The van der Waals surface area contributed by atoms with E-state index >= 15 is 0 Å². The van der Waals surface area contributed by atoms with Gasteiger partial charge < -0.3 is 4.74 Å². The summed E-state index contributed by atoms with van der Waals surface area (Å²) in [5, 5.41) is 0.827. The van der Waals surface area contributed by atoms with Gasteiger partial charge >= 0.3 is 0 Å². The molecule has 0 radical (unpaired) electrons. The van der Waals surface area contributed by atoms with Gasteiger partial charge in [-0.1, -0.05) is 78.1 Å². The molecule has 0 aliphatic rings. The van der Waals surface area contributed by atoms with E-state index in [1.165, 1.54) is 89.2 Å². The predicted molar refractivity (Wildman–Crippen MR) is 99.5 cm³/mol. The molecule has 0 saturated heterocycles. The summed E-state index contributed by atoms with van der Waals surface area (Å²) in [6.07, 6.45) is 18.3. The van der Waals surface area contributed by atoms with Gasteiger partial charge in [-0.05, 0) is 25.0 Å². The van der Waals surface area contributed by atoms with Gasteiger partial charge in [0, 0.05) is 19.0 Å². The van der Waals surface area contributed by atoms with E-state index in [4.69, 9.17) is 4.74 Å². The molecule has 1 unspecified atom stereocenters. The van der Waals surface area contributed by atoms with Crippen molar-refractivity contribution >= 4 is 11.8 Å². The van der Waals surface area contributed by atoms with Crippen molar-refractivity contribution in [3.63, 3.8) is 0 Å². The number of rotatable bonds is 17. The van der Waals surface area contributed by atoms with Crippen molar-refractivity contribution in [1.82, 2.24) is 0 Å². The van der Waals surface area contributed by atoms with Crippen LogP contribution >= 0.6 is 11.8 Å². The summed E-state index contributed by atoms with van der Waals surface area (Å²) in [6.45, 7) is 5.51. The lowest BCUT2D eigenvalue weighted by Gasteiger charge is -2.15. The summed E-state index contributed by atoms with van der Waals surface area (Å²) >= 11 is 2.18. The van der Waals surface area contributed by atoms with Gasteiger partial charge in [-0.2, -0.15) is 11.8 Å². The van der Waals surface area contributed by atoms with E-state index < -0.39 is 0 Å². The molecular formula is C19H40OS. The minimum absolute atomic E-state index is 0.827. The van der Waals surface area contributed by atoms with Crippen LogP contribution in [0.3, 0.4) is 0 Å². The van der Waals surface area contributed by atoms with Crippen LogP contribution < -0.4 is 0 Å². The molecule has 0 aromatic rings. The molecule has 0 aromatic heterocycles. The van der Waals surface area contributed by atoms with E-state index in [2.05, 4.69) is 25.6 Å². The maximum atomic E-state index is 5.21. The van der Waals surface area contributed by atoms with E-state index in [-0.39, 0.29) is 0 Å². The monoisotopic (exact) mass is 316 g/mol. The molecule has 0 N–H and O–H groups in total. The van der Waals surface area contributed by atoms with E-state index in [1.54, 1.807) is 0 Å². The Morgan fingerprint density at radius 1 is 0.714 bits per heavy atom. The molecule has 0 rings (SSSR count). The Kier molecular flexibility index (Phi) is 18.6. The third-order valence-electron chi connectivity index (χ3n) is 4.11. The standard InChI is InChI=1S/C19H40OS/c1-4-6-7-8-9-10-11-12-13-14-18-21-19(15-5-2)16-17-20-3/h19H,4-18H2,1-3H3. The SMILES string of the molecule is CCCCCCCCCCCCSC(CCC)CCOC. The molecular weight excluding hydrogens is 276 g/mol. The van der Waals surface area contributed by atoms with Crippen LogP contribution in [-0.2, 0) is 4.74 Å². The van der Waals surface area contributed by atoms with Crippen LogP contribution in [-0.4, -0.2) is 24.7 Å². The summed E-state index contributed by atoms with van der Waals surface area (Å²) in [5.41, 5.74) is 0. The molecule has 0 aliphatic carbocycles. The summed E-state index contributed by atoms with van der Waals surface area (Å²) in [5.74, 6) is 1.35. The fourth-order valence-corrected chi connectivity index (χ4v) is 4.09. The Bertz CT molecular complexity index is 184. The fourth-order valence-electron chi connectivity index (χ4n) is 2.72. The van der Waals surface area contributed by atoms with Crippen molar-refractivity contribution in [3.05, 3.63) is 0 Å². The Labute approximate surface area is 139 Å². The highest BCUT2D eigenvalue weighted by Crippen LogP contribution is 2.22. The lowest BCUT2D eigenvalue weighted by molar-refractivity contribution is 0.193. The topological polar surface area (TPSA) is 9.23 Å². The highest BCUT2D eigenvalue weighted by molar-refractivity contribution is 7.99. The van der Waals surface area contributed by atoms with Crippen molar-refractivity contribution < 1.29 is 4.74 Å². The molecule has 0 saturated carbocycles. The molecule has 128 valence electrons. The molecule has 21 heavy (non-hydrogen) atoms. The van der Waals surface area contributed by atoms with Crippen molar-refractivity contribution in [3.8, 4) is 0 Å². The number of methoxy groups -OCH3 is 1. The lowest BCUT2D eigenvalue weighted by atomic mass is 10.1. The minimum Gasteiger partial charge on any atom is -0.385 e. The van der Waals surface area contributed by atoms with Crippen LogP contribution in [0.1, 0.15) is 97.3 Å². The average Bonchev–Trinajstić information content (AvgIpc) is 2.50. The third-order valence-corrected chi connectivity index (χ3v) is 5.57. The van der Waals surface area contributed by atoms with Crippen LogP contribution in [0.4, 0.5) is 0 Å². The Morgan fingerprint density at radius 2 is 1.29 bits per heavy atom. The highest BCUT2D eigenvalue weighted by atomic mass is 32.2. The Hall–Kier alpha value is 0.310. The lowest BCUT2D eigenvalue weighted by Crippen LogP contribution is -2.07. The molecule has 0 aliphatic heterocycles. The average molecular weight is 317 g/mol.